The minimum atomic E-state index is -1.22. The van der Waals surface area contributed by atoms with Gasteiger partial charge in [-0.15, -0.1) is 0 Å². The van der Waals surface area contributed by atoms with E-state index in [-0.39, 0.29) is 5.56 Å². The predicted octanol–water partition coefficient (Wildman–Crippen LogP) is 3.93. The molecule has 3 nitrogen and oxygen atoms in total. The molecule has 0 amide bonds. The molecule has 0 bridgehead atoms. The van der Waals surface area contributed by atoms with Gasteiger partial charge >= 0.3 is 5.97 Å². The number of anilines is 1. The Morgan fingerprint density at radius 3 is 2.35 bits per heavy atom. The Morgan fingerprint density at radius 1 is 1.30 bits per heavy atom. The summed E-state index contributed by atoms with van der Waals surface area (Å²) in [5, 5.41) is 8.84. The molecular formula is C16H22FNO2. The number of hydrogen-bond donors (Lipinski definition) is 1. The van der Waals surface area contributed by atoms with Crippen LogP contribution in [0.15, 0.2) is 18.2 Å². The van der Waals surface area contributed by atoms with E-state index in [1.165, 1.54) is 37.8 Å². The maximum atomic E-state index is 13.7. The van der Waals surface area contributed by atoms with Crippen molar-refractivity contribution >= 4 is 11.7 Å². The molecule has 2 rings (SSSR count). The Balaban J connectivity index is 2.08. The zero-order valence-electron chi connectivity index (χ0n) is 12.2. The normalized spacial score (nSPS) is 16.9. The summed E-state index contributed by atoms with van der Waals surface area (Å²) >= 11 is 0. The highest BCUT2D eigenvalue weighted by molar-refractivity contribution is 5.88. The molecule has 110 valence electrons. The maximum absolute atomic E-state index is 13.7. The zero-order chi connectivity index (χ0) is 14.8. The van der Waals surface area contributed by atoms with Gasteiger partial charge in [-0.3, -0.25) is 0 Å². The molecule has 0 spiro atoms. The lowest BCUT2D eigenvalue weighted by atomic mass is 9.72. The Bertz CT molecular complexity index is 487. The van der Waals surface area contributed by atoms with Gasteiger partial charge < -0.3 is 10.0 Å². The van der Waals surface area contributed by atoms with E-state index in [0.29, 0.717) is 5.41 Å². The molecule has 1 aliphatic rings. The third kappa shape index (κ3) is 2.79. The first-order valence-electron chi connectivity index (χ1n) is 7.29. The maximum Gasteiger partial charge on any atom is 0.338 e. The number of hydrogen-bond acceptors (Lipinski definition) is 2. The number of rotatable bonds is 6. The fraction of sp³-hybridized carbons (Fsp3) is 0.562. The lowest BCUT2D eigenvalue weighted by Crippen LogP contribution is -2.56. The van der Waals surface area contributed by atoms with Gasteiger partial charge in [0.15, 0.2) is 0 Å². The van der Waals surface area contributed by atoms with Gasteiger partial charge in [-0.05, 0) is 31.0 Å². The van der Waals surface area contributed by atoms with Crippen LogP contribution in [0.3, 0.4) is 0 Å². The topological polar surface area (TPSA) is 40.5 Å². The average Bonchev–Trinajstić information content (AvgIpc) is 2.35. The van der Waals surface area contributed by atoms with Gasteiger partial charge in [0, 0.05) is 24.2 Å². The fourth-order valence-corrected chi connectivity index (χ4v) is 3.32. The Hall–Kier alpha value is -1.58. The molecular weight excluding hydrogens is 257 g/mol. The highest BCUT2D eigenvalue weighted by Crippen LogP contribution is 2.42. The van der Waals surface area contributed by atoms with E-state index in [2.05, 4.69) is 18.7 Å². The SMILES string of the molecule is CCCC1(CCC)CN(c2ccc(C(=O)O)c(F)c2)C1. The molecule has 1 N–H and O–H groups in total. The summed E-state index contributed by atoms with van der Waals surface area (Å²) in [6.07, 6.45) is 4.74. The molecule has 0 aliphatic carbocycles. The van der Waals surface area contributed by atoms with Gasteiger partial charge in [0.1, 0.15) is 5.82 Å². The highest BCUT2D eigenvalue weighted by Gasteiger charge is 2.41. The zero-order valence-corrected chi connectivity index (χ0v) is 12.2. The van der Waals surface area contributed by atoms with Crippen molar-refractivity contribution in [2.24, 2.45) is 5.41 Å². The van der Waals surface area contributed by atoms with E-state index in [4.69, 9.17) is 5.11 Å². The van der Waals surface area contributed by atoms with Gasteiger partial charge in [0.05, 0.1) is 5.56 Å². The summed E-state index contributed by atoms with van der Waals surface area (Å²) in [4.78, 5) is 12.9. The van der Waals surface area contributed by atoms with Gasteiger partial charge in [0.25, 0.3) is 0 Å². The van der Waals surface area contributed by atoms with Crippen LogP contribution < -0.4 is 4.90 Å². The molecule has 0 radical (unpaired) electrons. The van der Waals surface area contributed by atoms with Gasteiger partial charge in [-0.25, -0.2) is 9.18 Å². The fourth-order valence-electron chi connectivity index (χ4n) is 3.32. The monoisotopic (exact) mass is 279 g/mol. The Labute approximate surface area is 119 Å². The number of carbonyl (C=O) groups is 1. The third-order valence-electron chi connectivity index (χ3n) is 4.16. The summed E-state index contributed by atoms with van der Waals surface area (Å²) < 4.78 is 13.7. The quantitative estimate of drug-likeness (QED) is 0.857. The molecule has 1 aliphatic heterocycles. The third-order valence-corrected chi connectivity index (χ3v) is 4.16. The molecule has 1 heterocycles. The van der Waals surface area contributed by atoms with Gasteiger partial charge in [-0.2, -0.15) is 0 Å². The molecule has 1 aromatic carbocycles. The Kier molecular flexibility index (Phi) is 4.31. The van der Waals surface area contributed by atoms with E-state index < -0.39 is 11.8 Å². The standard InChI is InChI=1S/C16H22FNO2/c1-3-7-16(8-4-2)10-18(11-16)12-5-6-13(15(19)20)14(17)9-12/h5-6,9H,3-4,7-8,10-11H2,1-2H3,(H,19,20). The number of nitrogens with zero attached hydrogens (tertiary/aromatic N) is 1. The van der Waals surface area contributed by atoms with Crippen molar-refractivity contribution in [3.8, 4) is 0 Å². The smallest absolute Gasteiger partial charge is 0.338 e. The second-order valence-electron chi connectivity index (χ2n) is 5.83. The molecule has 1 aromatic rings. The summed E-state index contributed by atoms with van der Waals surface area (Å²) in [6.45, 7) is 6.28. The van der Waals surface area contributed by atoms with Gasteiger partial charge in [-0.1, -0.05) is 26.7 Å². The summed E-state index contributed by atoms with van der Waals surface area (Å²) in [5.74, 6) is -1.87. The molecule has 0 unspecified atom stereocenters. The first-order valence-corrected chi connectivity index (χ1v) is 7.29. The molecule has 0 atom stereocenters. The van der Waals surface area contributed by atoms with Crippen molar-refractivity contribution in [3.63, 3.8) is 0 Å². The van der Waals surface area contributed by atoms with Crippen LogP contribution in [-0.2, 0) is 0 Å². The van der Waals surface area contributed by atoms with Crippen molar-refractivity contribution in [1.82, 2.24) is 0 Å². The summed E-state index contributed by atoms with van der Waals surface area (Å²) in [7, 11) is 0. The lowest BCUT2D eigenvalue weighted by Gasteiger charge is -2.52. The lowest BCUT2D eigenvalue weighted by molar-refractivity contribution is 0.0692. The van der Waals surface area contributed by atoms with Crippen molar-refractivity contribution in [1.29, 1.82) is 0 Å². The first kappa shape index (κ1) is 14.8. The van der Waals surface area contributed by atoms with Crippen LogP contribution in [0.25, 0.3) is 0 Å². The highest BCUT2D eigenvalue weighted by atomic mass is 19.1. The molecule has 0 aromatic heterocycles. The van der Waals surface area contributed by atoms with Crippen molar-refractivity contribution in [3.05, 3.63) is 29.6 Å². The number of halogens is 1. The average molecular weight is 279 g/mol. The van der Waals surface area contributed by atoms with Crippen LogP contribution in [0.2, 0.25) is 0 Å². The minimum absolute atomic E-state index is 0.261. The van der Waals surface area contributed by atoms with Crippen LogP contribution in [-0.4, -0.2) is 24.2 Å². The van der Waals surface area contributed by atoms with Crippen molar-refractivity contribution in [2.75, 3.05) is 18.0 Å². The van der Waals surface area contributed by atoms with Gasteiger partial charge in [0.2, 0.25) is 0 Å². The van der Waals surface area contributed by atoms with E-state index in [1.807, 2.05) is 0 Å². The molecule has 1 saturated heterocycles. The predicted molar refractivity (Wildman–Crippen MR) is 77.8 cm³/mol. The summed E-state index contributed by atoms with van der Waals surface area (Å²) in [5.41, 5.74) is 0.892. The van der Waals surface area contributed by atoms with Crippen LogP contribution in [0.4, 0.5) is 10.1 Å². The second kappa shape index (κ2) is 5.81. The Morgan fingerprint density at radius 2 is 1.90 bits per heavy atom. The number of benzene rings is 1. The van der Waals surface area contributed by atoms with E-state index in [1.54, 1.807) is 6.07 Å². The molecule has 1 fully saturated rings. The van der Waals surface area contributed by atoms with Crippen molar-refractivity contribution < 1.29 is 14.3 Å². The van der Waals surface area contributed by atoms with Crippen LogP contribution in [0.1, 0.15) is 49.9 Å². The second-order valence-corrected chi connectivity index (χ2v) is 5.83. The number of carboxylic acid groups (broad SMARTS) is 1. The largest absolute Gasteiger partial charge is 0.478 e. The summed E-state index contributed by atoms with van der Waals surface area (Å²) in [6, 6.07) is 4.40. The van der Waals surface area contributed by atoms with Crippen molar-refractivity contribution in [2.45, 2.75) is 39.5 Å². The van der Waals surface area contributed by atoms with Crippen LogP contribution >= 0.6 is 0 Å². The van der Waals surface area contributed by atoms with Crippen LogP contribution in [0, 0.1) is 11.2 Å². The molecule has 0 saturated carbocycles. The number of aromatic carboxylic acids is 1. The first-order chi connectivity index (χ1) is 9.51. The minimum Gasteiger partial charge on any atom is -0.478 e. The van der Waals surface area contributed by atoms with E-state index in [0.717, 1.165) is 18.8 Å². The van der Waals surface area contributed by atoms with E-state index >= 15 is 0 Å². The number of carboxylic acids is 1. The van der Waals surface area contributed by atoms with Crippen LogP contribution in [0.5, 0.6) is 0 Å². The van der Waals surface area contributed by atoms with E-state index in [9.17, 15) is 9.18 Å². The molecule has 4 heteroatoms. The molecule has 20 heavy (non-hydrogen) atoms.